The van der Waals surface area contributed by atoms with Gasteiger partial charge in [-0.2, -0.15) is 0 Å². The Morgan fingerprint density at radius 2 is 2.00 bits per heavy atom. The van der Waals surface area contributed by atoms with Crippen LogP contribution in [0.1, 0.15) is 32.0 Å². The van der Waals surface area contributed by atoms with E-state index in [0.717, 1.165) is 40.1 Å². The Balaban J connectivity index is 1.76. The summed E-state index contributed by atoms with van der Waals surface area (Å²) in [5.41, 5.74) is 5.96. The summed E-state index contributed by atoms with van der Waals surface area (Å²) in [5, 5.41) is 10.8. The topological polar surface area (TPSA) is 74.6 Å². The van der Waals surface area contributed by atoms with Crippen molar-refractivity contribution in [2.45, 2.75) is 13.0 Å². The first-order valence-corrected chi connectivity index (χ1v) is 8.85. The van der Waals surface area contributed by atoms with E-state index in [4.69, 9.17) is 5.21 Å². The smallest absolute Gasteiger partial charge is 0.274 e. The van der Waals surface area contributed by atoms with Crippen LogP contribution in [0.5, 0.6) is 0 Å². The van der Waals surface area contributed by atoms with Gasteiger partial charge in [-0.15, -0.1) is 11.3 Å². The second-order valence-corrected chi connectivity index (χ2v) is 7.07. The number of aromatic nitrogens is 1. The summed E-state index contributed by atoms with van der Waals surface area (Å²) in [5.74, 6) is -0.480. The van der Waals surface area contributed by atoms with Crippen LogP contribution in [0.25, 0.3) is 10.2 Å². The Kier molecular flexibility index (Phi) is 3.82. The number of amides is 2. The van der Waals surface area contributed by atoms with E-state index >= 15 is 0 Å². The van der Waals surface area contributed by atoms with Crippen molar-refractivity contribution in [3.8, 4) is 0 Å². The van der Waals surface area contributed by atoms with Gasteiger partial charge < -0.3 is 9.47 Å². The van der Waals surface area contributed by atoms with Gasteiger partial charge in [-0.1, -0.05) is 12.1 Å². The largest absolute Gasteiger partial charge is 0.339 e. The molecule has 0 fully saturated rings. The Hall–Kier alpha value is -2.64. The molecule has 0 bridgehead atoms. The highest BCUT2D eigenvalue weighted by molar-refractivity contribution is 7.17. The number of hydrogen-bond donors (Lipinski definition) is 2. The lowest BCUT2D eigenvalue weighted by Gasteiger charge is -2.25. The summed E-state index contributed by atoms with van der Waals surface area (Å²) >= 11 is 1.65. The highest BCUT2D eigenvalue weighted by atomic mass is 32.1. The van der Waals surface area contributed by atoms with E-state index in [1.54, 1.807) is 33.8 Å². The number of nitrogens with zero attached hydrogens (tertiary/aromatic N) is 2. The van der Waals surface area contributed by atoms with Gasteiger partial charge in [0.25, 0.3) is 11.8 Å². The molecule has 6 nitrogen and oxygen atoms in total. The second kappa shape index (κ2) is 6.02. The molecule has 2 N–H and O–H groups in total. The van der Waals surface area contributed by atoms with Crippen molar-refractivity contribution in [2.75, 3.05) is 13.6 Å². The van der Waals surface area contributed by atoms with Gasteiger partial charge in [-0.05, 0) is 29.1 Å². The zero-order valence-electron chi connectivity index (χ0n) is 13.7. The van der Waals surface area contributed by atoms with Crippen molar-refractivity contribution in [3.05, 3.63) is 58.1 Å². The van der Waals surface area contributed by atoms with Gasteiger partial charge in [0.1, 0.15) is 5.69 Å². The molecule has 25 heavy (non-hydrogen) atoms. The SMILES string of the molecule is CN1CCn2c(c(Cc3ccc(C(=O)NO)cc3)c3sccc32)C1=O. The van der Waals surface area contributed by atoms with Gasteiger partial charge in [-0.25, -0.2) is 5.48 Å². The molecule has 0 aliphatic carbocycles. The van der Waals surface area contributed by atoms with Crippen LogP contribution in [0.4, 0.5) is 0 Å². The third kappa shape index (κ3) is 2.52. The maximum absolute atomic E-state index is 12.7. The summed E-state index contributed by atoms with van der Waals surface area (Å²) in [6, 6.07) is 9.11. The lowest BCUT2D eigenvalue weighted by atomic mass is 10.0. The molecular weight excluding hydrogens is 338 g/mol. The maximum Gasteiger partial charge on any atom is 0.274 e. The number of carbonyl (C=O) groups excluding carboxylic acids is 2. The van der Waals surface area contributed by atoms with Crippen LogP contribution in [0, 0.1) is 0 Å². The molecule has 3 aromatic rings. The predicted molar refractivity (Wildman–Crippen MR) is 95.3 cm³/mol. The van der Waals surface area contributed by atoms with E-state index in [9.17, 15) is 9.59 Å². The van der Waals surface area contributed by atoms with Crippen molar-refractivity contribution in [1.29, 1.82) is 0 Å². The number of thiophene rings is 1. The molecule has 2 aromatic heterocycles. The van der Waals surface area contributed by atoms with E-state index < -0.39 is 5.91 Å². The molecule has 0 radical (unpaired) electrons. The molecular formula is C18H17N3O3S. The van der Waals surface area contributed by atoms with Crippen molar-refractivity contribution in [1.82, 2.24) is 14.9 Å². The minimum absolute atomic E-state index is 0.0564. The molecule has 0 unspecified atom stereocenters. The lowest BCUT2D eigenvalue weighted by Crippen LogP contribution is -2.37. The first-order valence-electron chi connectivity index (χ1n) is 7.97. The number of rotatable bonds is 3. The fraction of sp³-hybridized carbons (Fsp3) is 0.222. The summed E-state index contributed by atoms with van der Waals surface area (Å²) in [4.78, 5) is 25.9. The molecule has 1 aromatic carbocycles. The van der Waals surface area contributed by atoms with Crippen LogP contribution in [0.3, 0.4) is 0 Å². The second-order valence-electron chi connectivity index (χ2n) is 6.16. The number of hydrogen-bond acceptors (Lipinski definition) is 4. The highest BCUT2D eigenvalue weighted by Gasteiger charge is 2.29. The predicted octanol–water partition coefficient (Wildman–Crippen LogP) is 2.50. The third-order valence-electron chi connectivity index (χ3n) is 4.67. The monoisotopic (exact) mass is 355 g/mol. The van der Waals surface area contributed by atoms with E-state index in [2.05, 4.69) is 16.0 Å². The van der Waals surface area contributed by atoms with Crippen LogP contribution in [-0.4, -0.2) is 40.1 Å². The fourth-order valence-electron chi connectivity index (χ4n) is 3.35. The number of likely N-dealkylation sites (N-methyl/N-ethyl adjacent to an activating group) is 1. The van der Waals surface area contributed by atoms with Gasteiger partial charge >= 0.3 is 0 Å². The van der Waals surface area contributed by atoms with E-state index in [0.29, 0.717) is 12.0 Å². The van der Waals surface area contributed by atoms with Crippen molar-refractivity contribution >= 4 is 33.4 Å². The summed E-state index contributed by atoms with van der Waals surface area (Å²) < 4.78 is 3.27. The van der Waals surface area contributed by atoms with E-state index in [-0.39, 0.29) is 5.91 Å². The Morgan fingerprint density at radius 3 is 2.72 bits per heavy atom. The number of carbonyl (C=O) groups is 2. The minimum atomic E-state index is -0.537. The Labute approximate surface area is 148 Å². The Morgan fingerprint density at radius 1 is 1.24 bits per heavy atom. The molecule has 1 aliphatic rings. The van der Waals surface area contributed by atoms with Crippen molar-refractivity contribution in [3.63, 3.8) is 0 Å². The summed E-state index contributed by atoms with van der Waals surface area (Å²) in [6.45, 7) is 1.52. The van der Waals surface area contributed by atoms with Gasteiger partial charge in [0, 0.05) is 37.7 Å². The normalized spacial score (nSPS) is 14.0. The zero-order valence-corrected chi connectivity index (χ0v) is 14.5. The van der Waals surface area contributed by atoms with Gasteiger partial charge in [-0.3, -0.25) is 14.8 Å². The van der Waals surface area contributed by atoms with Crippen LogP contribution < -0.4 is 5.48 Å². The number of hydroxylamine groups is 1. The van der Waals surface area contributed by atoms with E-state index in [1.165, 1.54) is 0 Å². The van der Waals surface area contributed by atoms with Gasteiger partial charge in [0.2, 0.25) is 0 Å². The summed E-state index contributed by atoms with van der Waals surface area (Å²) in [6.07, 6.45) is 0.625. The average molecular weight is 355 g/mol. The molecule has 4 rings (SSSR count). The molecule has 128 valence electrons. The molecule has 0 saturated carbocycles. The molecule has 3 heterocycles. The van der Waals surface area contributed by atoms with E-state index in [1.807, 2.05) is 19.2 Å². The zero-order chi connectivity index (χ0) is 17.6. The van der Waals surface area contributed by atoms with Crippen molar-refractivity contribution < 1.29 is 14.8 Å². The van der Waals surface area contributed by atoms with Crippen LogP contribution in [0.15, 0.2) is 35.7 Å². The number of benzene rings is 1. The Bertz CT molecular complexity index is 972. The van der Waals surface area contributed by atoms with Crippen LogP contribution >= 0.6 is 11.3 Å². The average Bonchev–Trinajstić information content (AvgIpc) is 3.21. The molecule has 7 heteroatoms. The molecule has 0 saturated heterocycles. The highest BCUT2D eigenvalue weighted by Crippen LogP contribution is 2.34. The van der Waals surface area contributed by atoms with Gasteiger partial charge in [0.05, 0.1) is 10.2 Å². The first-order chi connectivity index (χ1) is 12.1. The standard InChI is InChI=1S/C18H17N3O3S/c1-20-7-8-21-14-6-9-25-16(14)13(15(21)18(20)23)10-11-2-4-12(5-3-11)17(22)19-24/h2-6,9,24H,7-8,10H2,1H3,(H,19,22). The third-order valence-corrected chi connectivity index (χ3v) is 5.64. The van der Waals surface area contributed by atoms with Gasteiger partial charge in [0.15, 0.2) is 0 Å². The minimum Gasteiger partial charge on any atom is -0.339 e. The lowest BCUT2D eigenvalue weighted by molar-refractivity contribution is 0.0705. The number of nitrogens with one attached hydrogen (secondary N) is 1. The molecule has 2 amide bonds. The summed E-state index contributed by atoms with van der Waals surface area (Å²) in [7, 11) is 1.83. The molecule has 0 atom stereocenters. The quantitative estimate of drug-likeness (QED) is 0.560. The fourth-order valence-corrected chi connectivity index (χ4v) is 4.29. The van der Waals surface area contributed by atoms with Crippen LogP contribution in [-0.2, 0) is 13.0 Å². The maximum atomic E-state index is 12.7. The van der Waals surface area contributed by atoms with Crippen LogP contribution in [0.2, 0.25) is 0 Å². The molecule has 1 aliphatic heterocycles. The van der Waals surface area contributed by atoms with Crippen molar-refractivity contribution in [2.24, 2.45) is 0 Å². The first kappa shape index (κ1) is 15.9. The number of fused-ring (bicyclic) bond motifs is 3. The molecule has 0 spiro atoms.